The number of hydrogen-bond donors (Lipinski definition) is 0. The second kappa shape index (κ2) is 15.2. The van der Waals surface area contributed by atoms with E-state index < -0.39 is 0 Å². The summed E-state index contributed by atoms with van der Waals surface area (Å²) in [4.78, 5) is 16.1. The minimum absolute atomic E-state index is 0.0296. The van der Waals surface area contributed by atoms with Crippen molar-refractivity contribution >= 4 is 60.1 Å². The molecule has 3 aromatic heterocycles. The third-order valence-electron chi connectivity index (χ3n) is 14.7. The Bertz CT molecular complexity index is 4180. The number of benzene rings is 9. The molecule has 9 aromatic carbocycles. The number of furan rings is 1. The van der Waals surface area contributed by atoms with Gasteiger partial charge in [0.2, 0.25) is 5.95 Å². The summed E-state index contributed by atoms with van der Waals surface area (Å²) >= 11 is 0. The van der Waals surface area contributed by atoms with Gasteiger partial charge in [-0.3, -0.25) is 4.57 Å². The van der Waals surface area contributed by atoms with E-state index in [1.54, 1.807) is 0 Å². The summed E-state index contributed by atoms with van der Waals surface area (Å²) in [6.07, 6.45) is 8.23. The largest absolute Gasteiger partial charge is 0.456 e. The van der Waals surface area contributed by atoms with Crippen molar-refractivity contribution in [3.8, 4) is 61.8 Å². The summed E-state index contributed by atoms with van der Waals surface area (Å²) in [6, 6.07) is 68.1. The Balaban J connectivity index is 0.956. The summed E-state index contributed by atoms with van der Waals surface area (Å²) in [6.45, 7) is 4.67. The van der Waals surface area contributed by atoms with E-state index in [1.165, 1.54) is 33.4 Å². The maximum atomic E-state index is 6.40. The highest BCUT2D eigenvalue weighted by molar-refractivity contribution is 6.21. The van der Waals surface area contributed by atoms with Gasteiger partial charge in [0.05, 0.1) is 11.0 Å². The molecule has 5 nitrogen and oxygen atoms in total. The van der Waals surface area contributed by atoms with Crippen molar-refractivity contribution in [3.63, 3.8) is 0 Å². The summed E-state index contributed by atoms with van der Waals surface area (Å²) < 4.78 is 8.70. The molecular weight excluding hydrogens is 841 g/mol. The molecular formula is C64H44N4O. The van der Waals surface area contributed by atoms with Gasteiger partial charge in [-0.1, -0.05) is 184 Å². The van der Waals surface area contributed by atoms with Gasteiger partial charge in [0, 0.05) is 43.5 Å². The van der Waals surface area contributed by atoms with Crippen molar-refractivity contribution in [2.45, 2.75) is 32.1 Å². The van der Waals surface area contributed by atoms with Crippen LogP contribution in [0.3, 0.4) is 0 Å². The molecule has 0 unspecified atom stereocenters. The van der Waals surface area contributed by atoms with Crippen LogP contribution in [0.25, 0.3) is 122 Å². The number of aromatic nitrogens is 4. The van der Waals surface area contributed by atoms with E-state index in [2.05, 4.69) is 213 Å². The zero-order valence-corrected chi connectivity index (χ0v) is 38.2. The molecule has 0 saturated carbocycles. The normalized spacial score (nSPS) is 14.0. The average molecular weight is 885 g/mol. The first-order valence-corrected chi connectivity index (χ1v) is 23.9. The van der Waals surface area contributed by atoms with E-state index in [1.807, 2.05) is 12.1 Å². The molecule has 2 aliphatic carbocycles. The first-order valence-electron chi connectivity index (χ1n) is 23.9. The Labute approximate surface area is 399 Å². The fraction of sp³-hybridized carbons (Fsp3) is 0.0781. The van der Waals surface area contributed by atoms with Crippen LogP contribution in [0.1, 0.15) is 43.6 Å². The van der Waals surface area contributed by atoms with Gasteiger partial charge in [0.1, 0.15) is 11.2 Å². The van der Waals surface area contributed by atoms with Gasteiger partial charge in [-0.2, -0.15) is 9.97 Å². The fourth-order valence-corrected chi connectivity index (χ4v) is 11.3. The van der Waals surface area contributed by atoms with Crippen LogP contribution in [0.2, 0.25) is 0 Å². The Hall–Kier alpha value is -8.67. The quantitative estimate of drug-likeness (QED) is 0.167. The lowest BCUT2D eigenvalue weighted by Gasteiger charge is -2.21. The first-order chi connectivity index (χ1) is 33.9. The van der Waals surface area contributed by atoms with Crippen LogP contribution in [0.4, 0.5) is 0 Å². The van der Waals surface area contributed by atoms with Crippen molar-refractivity contribution < 1.29 is 4.42 Å². The molecule has 0 amide bonds. The Morgan fingerprint density at radius 2 is 1.09 bits per heavy atom. The number of rotatable bonds is 6. The predicted molar refractivity (Wildman–Crippen MR) is 285 cm³/mol. The third kappa shape index (κ3) is 6.20. The summed E-state index contributed by atoms with van der Waals surface area (Å²) in [5.41, 5.74) is 18.1. The van der Waals surface area contributed by atoms with E-state index in [4.69, 9.17) is 19.4 Å². The first kappa shape index (κ1) is 39.5. The topological polar surface area (TPSA) is 56.7 Å². The molecule has 0 bridgehead atoms. The number of hydrogen-bond acceptors (Lipinski definition) is 4. The van der Waals surface area contributed by atoms with Crippen molar-refractivity contribution in [3.05, 3.63) is 223 Å². The van der Waals surface area contributed by atoms with E-state index in [0.29, 0.717) is 17.6 Å². The molecule has 0 spiro atoms. The van der Waals surface area contributed by atoms with Gasteiger partial charge < -0.3 is 4.42 Å². The molecule has 0 aliphatic heterocycles. The van der Waals surface area contributed by atoms with Crippen LogP contribution in [0.5, 0.6) is 0 Å². The highest BCUT2D eigenvalue weighted by atomic mass is 16.3. The summed E-state index contributed by atoms with van der Waals surface area (Å²) in [7, 11) is 0. The van der Waals surface area contributed by atoms with Crippen LogP contribution >= 0.6 is 0 Å². The summed E-state index contributed by atoms with van der Waals surface area (Å²) in [5, 5.41) is 6.71. The van der Waals surface area contributed by atoms with Crippen LogP contribution < -0.4 is 0 Å². The lowest BCUT2D eigenvalue weighted by Crippen LogP contribution is -2.14. The van der Waals surface area contributed by atoms with E-state index in [-0.39, 0.29) is 5.41 Å². The van der Waals surface area contributed by atoms with Gasteiger partial charge in [-0.05, 0) is 110 Å². The van der Waals surface area contributed by atoms with Crippen molar-refractivity contribution in [1.29, 1.82) is 0 Å². The second-order valence-corrected chi connectivity index (χ2v) is 19.1. The van der Waals surface area contributed by atoms with E-state index in [9.17, 15) is 0 Å². The van der Waals surface area contributed by atoms with Crippen LogP contribution in [0, 0.1) is 0 Å². The molecule has 0 atom stereocenters. The van der Waals surface area contributed by atoms with Crippen LogP contribution in [0.15, 0.2) is 211 Å². The second-order valence-electron chi connectivity index (χ2n) is 19.1. The van der Waals surface area contributed by atoms with Crippen molar-refractivity contribution in [1.82, 2.24) is 19.5 Å². The average Bonchev–Trinajstić information content (AvgIpc) is 4.04. The Morgan fingerprint density at radius 3 is 1.94 bits per heavy atom. The minimum atomic E-state index is -0.0296. The lowest BCUT2D eigenvalue weighted by molar-refractivity contribution is 0.660. The number of fused-ring (bicyclic) bond motifs is 11. The number of allylic oxidation sites excluding steroid dienone is 4. The highest BCUT2D eigenvalue weighted by Crippen LogP contribution is 2.50. The molecule has 14 rings (SSSR count). The van der Waals surface area contributed by atoms with Gasteiger partial charge in [0.25, 0.3) is 0 Å². The zero-order chi connectivity index (χ0) is 45.8. The maximum Gasteiger partial charge on any atom is 0.238 e. The predicted octanol–water partition coefficient (Wildman–Crippen LogP) is 16.7. The number of para-hydroxylation sites is 2. The molecule has 69 heavy (non-hydrogen) atoms. The monoisotopic (exact) mass is 884 g/mol. The zero-order valence-electron chi connectivity index (χ0n) is 38.2. The minimum Gasteiger partial charge on any atom is -0.456 e. The molecule has 0 radical (unpaired) electrons. The van der Waals surface area contributed by atoms with Gasteiger partial charge >= 0.3 is 0 Å². The van der Waals surface area contributed by atoms with Gasteiger partial charge in [-0.25, -0.2) is 4.98 Å². The Morgan fingerprint density at radius 1 is 0.449 bits per heavy atom. The lowest BCUT2D eigenvalue weighted by atomic mass is 9.82. The van der Waals surface area contributed by atoms with Gasteiger partial charge in [-0.15, -0.1) is 0 Å². The van der Waals surface area contributed by atoms with E-state index in [0.717, 1.165) is 101 Å². The molecule has 2 aliphatic rings. The fourth-order valence-electron chi connectivity index (χ4n) is 11.3. The van der Waals surface area contributed by atoms with Crippen LogP contribution in [-0.4, -0.2) is 19.5 Å². The molecule has 5 heteroatoms. The molecule has 0 saturated heterocycles. The smallest absolute Gasteiger partial charge is 0.238 e. The molecule has 12 aromatic rings. The summed E-state index contributed by atoms with van der Waals surface area (Å²) in [5.74, 6) is 1.84. The molecule has 3 heterocycles. The van der Waals surface area contributed by atoms with Crippen molar-refractivity contribution in [2.24, 2.45) is 0 Å². The maximum absolute atomic E-state index is 6.40. The molecule has 326 valence electrons. The SMILES string of the molecule is CC1(C)c2ccccc2-c2cc(-c3cccc(-c4cccc(-c5cccc6c7ccc8ccccc8c7n(-c7nc(C8=CC=CCC8)nc(-c8ccc9c(c8)oc8ccccc89)n7)c56)c4)c3)ccc21. The highest BCUT2D eigenvalue weighted by Gasteiger charge is 2.35. The van der Waals surface area contributed by atoms with E-state index >= 15 is 0 Å². The third-order valence-corrected chi connectivity index (χ3v) is 14.7. The Kier molecular flexibility index (Phi) is 8.69. The standard InChI is InChI=1S/C64H44N4O/c1-64(2)55-27-10-8-23-49(55)54-37-44(31-34-56(54)64)42-19-12-18-41(35-42)43-20-13-21-45(36-43)48-25-14-26-52-53-33-29-39-15-6-7-22-47(39)59(53)68(60(48)52)63-66-61(40-16-4-3-5-17-40)65-62(67-63)46-30-32-51-50-24-9-11-28-57(50)69-58(51)38-46/h3-4,6-16,18-38H,5,17H2,1-2H3. The molecule has 0 N–H and O–H groups in total. The number of nitrogens with zero attached hydrogens (tertiary/aromatic N) is 4. The van der Waals surface area contributed by atoms with Crippen LogP contribution in [-0.2, 0) is 5.41 Å². The van der Waals surface area contributed by atoms with Crippen molar-refractivity contribution in [2.75, 3.05) is 0 Å². The molecule has 0 fully saturated rings. The van der Waals surface area contributed by atoms with Gasteiger partial charge in [0.15, 0.2) is 11.6 Å².